The van der Waals surface area contributed by atoms with Gasteiger partial charge in [-0.3, -0.25) is 0 Å². The summed E-state index contributed by atoms with van der Waals surface area (Å²) in [7, 11) is -3.77. The van der Waals surface area contributed by atoms with Gasteiger partial charge in [0.15, 0.2) is 5.82 Å². The van der Waals surface area contributed by atoms with E-state index >= 15 is 0 Å². The number of fused-ring (bicyclic) bond motifs is 1. The molecule has 0 bridgehead atoms. The van der Waals surface area contributed by atoms with E-state index in [0.717, 1.165) is 16.2 Å². The Balaban J connectivity index is 1.50. The van der Waals surface area contributed by atoms with Crippen molar-refractivity contribution in [3.63, 3.8) is 0 Å². The van der Waals surface area contributed by atoms with Crippen molar-refractivity contribution in [2.24, 2.45) is 0 Å². The minimum absolute atomic E-state index is 0.0375. The highest BCUT2D eigenvalue weighted by Crippen LogP contribution is 2.25. The second-order valence-corrected chi connectivity index (χ2v) is 9.86. The Labute approximate surface area is 182 Å². The van der Waals surface area contributed by atoms with Crippen molar-refractivity contribution in [3.8, 4) is 11.4 Å². The zero-order valence-electron chi connectivity index (χ0n) is 15.3. The molecule has 1 N–H and O–H groups in total. The Bertz CT molecular complexity index is 1280. The van der Waals surface area contributed by atoms with E-state index in [1.807, 2.05) is 36.6 Å². The van der Waals surface area contributed by atoms with Crippen molar-refractivity contribution in [2.75, 3.05) is 6.54 Å². The fourth-order valence-electron chi connectivity index (χ4n) is 2.80. The van der Waals surface area contributed by atoms with Gasteiger partial charge in [-0.05, 0) is 25.1 Å². The summed E-state index contributed by atoms with van der Waals surface area (Å²) in [6, 6.07) is 12.3. The second kappa shape index (κ2) is 8.04. The number of thiazole rings is 1. The first-order chi connectivity index (χ1) is 13.8. The summed E-state index contributed by atoms with van der Waals surface area (Å²) in [6.45, 7) is 2.22. The average molecular weight is 467 g/mol. The SMILES string of the molecule is Cc1ccc(-c2nc3scc(CCNS(=O)(=O)c4cc(Cl)ccc4Cl)n3n2)cc1. The molecule has 0 atom stereocenters. The molecule has 6 nitrogen and oxygen atoms in total. The number of aryl methyl sites for hydroxylation is 1. The van der Waals surface area contributed by atoms with Gasteiger partial charge in [-0.2, -0.15) is 4.98 Å². The third kappa shape index (κ3) is 4.31. The molecule has 0 aliphatic heterocycles. The van der Waals surface area contributed by atoms with Gasteiger partial charge in [-0.25, -0.2) is 17.7 Å². The quantitative estimate of drug-likeness (QED) is 0.450. The molecule has 10 heteroatoms. The minimum atomic E-state index is -3.77. The van der Waals surface area contributed by atoms with Gasteiger partial charge in [-0.15, -0.1) is 16.4 Å². The Morgan fingerprint density at radius 3 is 2.66 bits per heavy atom. The van der Waals surface area contributed by atoms with Crippen LogP contribution in [-0.4, -0.2) is 29.6 Å². The van der Waals surface area contributed by atoms with Crippen LogP contribution in [0.25, 0.3) is 16.3 Å². The van der Waals surface area contributed by atoms with Crippen LogP contribution in [0.3, 0.4) is 0 Å². The van der Waals surface area contributed by atoms with Gasteiger partial charge in [0.25, 0.3) is 0 Å². The molecule has 0 fully saturated rings. The number of sulfonamides is 1. The maximum atomic E-state index is 12.5. The zero-order chi connectivity index (χ0) is 20.6. The minimum Gasteiger partial charge on any atom is -0.211 e. The lowest BCUT2D eigenvalue weighted by Crippen LogP contribution is -2.26. The molecule has 0 aliphatic carbocycles. The number of rotatable bonds is 6. The van der Waals surface area contributed by atoms with E-state index in [1.54, 1.807) is 10.6 Å². The topological polar surface area (TPSA) is 76.4 Å². The fraction of sp³-hybridized carbons (Fsp3) is 0.158. The lowest BCUT2D eigenvalue weighted by Gasteiger charge is -2.08. The van der Waals surface area contributed by atoms with Crippen molar-refractivity contribution in [1.29, 1.82) is 0 Å². The number of hydrogen-bond donors (Lipinski definition) is 1. The van der Waals surface area contributed by atoms with Crippen molar-refractivity contribution in [1.82, 2.24) is 19.3 Å². The molecule has 150 valence electrons. The number of nitrogens with one attached hydrogen (secondary N) is 1. The molecular weight excluding hydrogens is 451 g/mol. The van der Waals surface area contributed by atoms with Crippen molar-refractivity contribution in [2.45, 2.75) is 18.2 Å². The molecule has 0 aliphatic rings. The lowest BCUT2D eigenvalue weighted by molar-refractivity contribution is 0.581. The molecule has 4 aromatic rings. The molecule has 4 rings (SSSR count). The van der Waals surface area contributed by atoms with E-state index in [0.29, 0.717) is 17.3 Å². The van der Waals surface area contributed by atoms with Crippen molar-refractivity contribution < 1.29 is 8.42 Å². The Hall–Kier alpha value is -1.97. The van der Waals surface area contributed by atoms with Crippen LogP contribution in [0.2, 0.25) is 10.0 Å². The van der Waals surface area contributed by atoms with E-state index in [-0.39, 0.29) is 16.5 Å². The number of halogens is 2. The van der Waals surface area contributed by atoms with Crippen molar-refractivity contribution >= 4 is 49.5 Å². The largest absolute Gasteiger partial charge is 0.242 e. The van der Waals surface area contributed by atoms with Gasteiger partial charge in [0.05, 0.1) is 10.7 Å². The average Bonchev–Trinajstić information content (AvgIpc) is 3.26. The van der Waals surface area contributed by atoms with Gasteiger partial charge < -0.3 is 0 Å². The highest BCUT2D eigenvalue weighted by molar-refractivity contribution is 7.89. The predicted octanol–water partition coefficient (Wildman–Crippen LogP) is 4.59. The van der Waals surface area contributed by atoms with E-state index in [4.69, 9.17) is 23.2 Å². The predicted molar refractivity (Wildman–Crippen MR) is 116 cm³/mol. The van der Waals surface area contributed by atoms with Gasteiger partial charge >= 0.3 is 0 Å². The van der Waals surface area contributed by atoms with E-state index in [2.05, 4.69) is 14.8 Å². The maximum Gasteiger partial charge on any atom is 0.242 e. The van der Waals surface area contributed by atoms with Crippen LogP contribution in [0.4, 0.5) is 0 Å². The first kappa shape index (κ1) is 20.3. The highest BCUT2D eigenvalue weighted by Gasteiger charge is 2.19. The Morgan fingerprint density at radius 1 is 1.14 bits per heavy atom. The third-order valence-electron chi connectivity index (χ3n) is 4.32. The van der Waals surface area contributed by atoms with Crippen LogP contribution in [0, 0.1) is 6.92 Å². The molecule has 0 saturated heterocycles. The number of benzene rings is 2. The molecule has 0 saturated carbocycles. The van der Waals surface area contributed by atoms with Gasteiger partial charge in [0.1, 0.15) is 4.90 Å². The normalized spacial score (nSPS) is 12.0. The smallest absolute Gasteiger partial charge is 0.211 e. The third-order valence-corrected chi connectivity index (χ3v) is 7.36. The van der Waals surface area contributed by atoms with Crippen molar-refractivity contribution in [3.05, 3.63) is 69.1 Å². The van der Waals surface area contributed by atoms with Crippen LogP contribution in [0.5, 0.6) is 0 Å². The van der Waals surface area contributed by atoms with Gasteiger partial charge in [-0.1, -0.05) is 53.0 Å². The molecule has 2 aromatic carbocycles. The summed E-state index contributed by atoms with van der Waals surface area (Å²) < 4.78 is 29.4. The maximum absolute atomic E-state index is 12.5. The van der Waals surface area contributed by atoms with Gasteiger partial charge in [0.2, 0.25) is 15.0 Å². The number of aromatic nitrogens is 3. The van der Waals surface area contributed by atoms with E-state index < -0.39 is 10.0 Å². The standard InChI is InChI=1S/C19H16Cl2N4O2S2/c1-12-2-4-13(5-3-12)18-23-19-25(24-18)15(11-28-19)8-9-22-29(26,27)17-10-14(20)6-7-16(17)21/h2-7,10-11,22H,8-9H2,1H3. The summed E-state index contributed by atoms with van der Waals surface area (Å²) in [5.41, 5.74) is 2.98. The molecule has 0 radical (unpaired) electrons. The van der Waals surface area contributed by atoms with Crippen LogP contribution in [0.15, 0.2) is 52.7 Å². The summed E-state index contributed by atoms with van der Waals surface area (Å²) in [5, 5.41) is 6.93. The zero-order valence-corrected chi connectivity index (χ0v) is 18.4. The molecular formula is C19H16Cl2N4O2S2. The molecule has 2 heterocycles. The van der Waals surface area contributed by atoms with Crippen LogP contribution in [-0.2, 0) is 16.4 Å². The summed E-state index contributed by atoms with van der Waals surface area (Å²) in [6.07, 6.45) is 0.452. The van der Waals surface area contributed by atoms with Crippen LogP contribution in [0.1, 0.15) is 11.3 Å². The monoisotopic (exact) mass is 466 g/mol. The first-order valence-electron chi connectivity index (χ1n) is 8.68. The summed E-state index contributed by atoms with van der Waals surface area (Å²) in [4.78, 5) is 5.28. The molecule has 0 amide bonds. The highest BCUT2D eigenvalue weighted by atomic mass is 35.5. The molecule has 0 spiro atoms. The molecule has 2 aromatic heterocycles. The molecule has 29 heavy (non-hydrogen) atoms. The van der Waals surface area contributed by atoms with E-state index in [9.17, 15) is 8.42 Å². The Morgan fingerprint density at radius 2 is 1.90 bits per heavy atom. The first-order valence-corrected chi connectivity index (χ1v) is 11.8. The van der Waals surface area contributed by atoms with Gasteiger partial charge in [0, 0.05) is 28.9 Å². The Kier molecular flexibility index (Phi) is 5.63. The van der Waals surface area contributed by atoms with E-state index in [1.165, 1.54) is 29.0 Å². The molecule has 0 unspecified atom stereocenters. The fourth-order valence-corrected chi connectivity index (χ4v) is 5.44. The summed E-state index contributed by atoms with van der Waals surface area (Å²) >= 11 is 13.4. The lowest BCUT2D eigenvalue weighted by atomic mass is 10.1. The van der Waals surface area contributed by atoms with Crippen LogP contribution >= 0.6 is 34.5 Å². The van der Waals surface area contributed by atoms with Crippen LogP contribution < -0.4 is 4.72 Å². The second-order valence-electron chi connectivity index (χ2n) is 6.45. The number of hydrogen-bond acceptors (Lipinski definition) is 5. The number of nitrogens with zero attached hydrogens (tertiary/aromatic N) is 3. The summed E-state index contributed by atoms with van der Waals surface area (Å²) in [5.74, 6) is 0.643.